The number of nitrogens with zero attached hydrogens (tertiary/aromatic N) is 4. The van der Waals surface area contributed by atoms with Crippen molar-refractivity contribution >= 4 is 17.5 Å². The minimum Gasteiger partial charge on any atom is -0.336 e. The van der Waals surface area contributed by atoms with Crippen LogP contribution in [0.4, 0.5) is 0 Å². The van der Waals surface area contributed by atoms with Crippen LogP contribution in [0.25, 0.3) is 0 Å². The maximum atomic E-state index is 12.7. The van der Waals surface area contributed by atoms with Crippen LogP contribution in [0, 0.1) is 0 Å². The Labute approximate surface area is 128 Å². The molecule has 0 radical (unpaired) electrons. The highest BCUT2D eigenvalue weighted by Crippen LogP contribution is 2.24. The van der Waals surface area contributed by atoms with Gasteiger partial charge in [0.05, 0.1) is 17.3 Å². The van der Waals surface area contributed by atoms with Gasteiger partial charge in [-0.25, -0.2) is 0 Å². The van der Waals surface area contributed by atoms with Gasteiger partial charge in [0.1, 0.15) is 0 Å². The van der Waals surface area contributed by atoms with Gasteiger partial charge in [-0.1, -0.05) is 18.5 Å². The predicted octanol–water partition coefficient (Wildman–Crippen LogP) is 2.58. The van der Waals surface area contributed by atoms with Gasteiger partial charge in [0.25, 0.3) is 5.91 Å². The van der Waals surface area contributed by atoms with Crippen molar-refractivity contribution in [3.8, 4) is 0 Å². The van der Waals surface area contributed by atoms with E-state index in [1.165, 1.54) is 0 Å². The van der Waals surface area contributed by atoms with Crippen LogP contribution in [0.3, 0.4) is 0 Å². The summed E-state index contributed by atoms with van der Waals surface area (Å²) in [5.74, 6) is 0.0787. The Hall–Kier alpha value is -1.88. The van der Waals surface area contributed by atoms with Gasteiger partial charge < -0.3 is 4.90 Å². The number of carbonyl (C=O) groups is 1. The number of rotatable bonds is 3. The van der Waals surface area contributed by atoms with Gasteiger partial charge in [-0.2, -0.15) is 5.10 Å². The standard InChI is InChI=1S/C15H17ClN4O/c1-2-11-7-17-5-3-14(11)15(21)19-6-4-13(10-19)20-9-12(16)8-18-20/h3,5,7-9,13H,2,4,6,10H2,1H3. The number of pyridine rings is 1. The zero-order chi connectivity index (χ0) is 14.8. The number of likely N-dealkylation sites (tertiary alicyclic amines) is 1. The van der Waals surface area contributed by atoms with Gasteiger partial charge in [0.2, 0.25) is 0 Å². The first-order valence-electron chi connectivity index (χ1n) is 7.11. The Balaban J connectivity index is 1.75. The quantitative estimate of drug-likeness (QED) is 0.876. The van der Waals surface area contributed by atoms with Gasteiger partial charge in [-0.15, -0.1) is 0 Å². The molecule has 1 amide bonds. The molecule has 0 aromatic carbocycles. The number of amides is 1. The zero-order valence-corrected chi connectivity index (χ0v) is 12.6. The topological polar surface area (TPSA) is 51.0 Å². The van der Waals surface area contributed by atoms with Crippen LogP contribution in [0.2, 0.25) is 5.02 Å². The van der Waals surface area contributed by atoms with E-state index in [1.807, 2.05) is 22.7 Å². The van der Waals surface area contributed by atoms with E-state index in [4.69, 9.17) is 11.6 Å². The number of hydrogen-bond acceptors (Lipinski definition) is 3. The lowest BCUT2D eigenvalue weighted by molar-refractivity contribution is 0.0786. The van der Waals surface area contributed by atoms with Crippen molar-refractivity contribution in [1.82, 2.24) is 19.7 Å². The lowest BCUT2D eigenvalue weighted by Crippen LogP contribution is -2.30. The highest BCUT2D eigenvalue weighted by atomic mass is 35.5. The van der Waals surface area contributed by atoms with Crippen molar-refractivity contribution in [2.45, 2.75) is 25.8 Å². The number of aryl methyl sites for hydroxylation is 1. The summed E-state index contributed by atoms with van der Waals surface area (Å²) in [6.45, 7) is 3.45. The van der Waals surface area contributed by atoms with Crippen LogP contribution in [-0.4, -0.2) is 38.7 Å². The maximum absolute atomic E-state index is 12.7. The summed E-state index contributed by atoms with van der Waals surface area (Å²) >= 11 is 5.90. The van der Waals surface area contributed by atoms with Crippen molar-refractivity contribution in [2.24, 2.45) is 0 Å². The fourth-order valence-electron chi connectivity index (χ4n) is 2.74. The van der Waals surface area contributed by atoms with Gasteiger partial charge in [-0.05, 0) is 24.5 Å². The first-order chi connectivity index (χ1) is 10.2. The highest BCUT2D eigenvalue weighted by molar-refractivity contribution is 6.30. The van der Waals surface area contributed by atoms with E-state index in [-0.39, 0.29) is 11.9 Å². The third kappa shape index (κ3) is 2.78. The molecule has 1 atom stereocenters. The molecule has 1 aliphatic heterocycles. The van der Waals surface area contributed by atoms with Crippen LogP contribution in [0.15, 0.2) is 30.9 Å². The fourth-order valence-corrected chi connectivity index (χ4v) is 2.89. The van der Waals surface area contributed by atoms with E-state index < -0.39 is 0 Å². The Bertz CT molecular complexity index is 655. The largest absolute Gasteiger partial charge is 0.336 e. The Kier molecular flexibility index (Phi) is 3.92. The van der Waals surface area contributed by atoms with Crippen molar-refractivity contribution in [3.63, 3.8) is 0 Å². The van der Waals surface area contributed by atoms with Gasteiger partial charge in [0.15, 0.2) is 0 Å². The summed E-state index contributed by atoms with van der Waals surface area (Å²) in [6, 6.07) is 2.01. The predicted molar refractivity (Wildman–Crippen MR) is 80.4 cm³/mol. The van der Waals surface area contributed by atoms with Crippen LogP contribution in [0.1, 0.15) is 35.3 Å². The molecular formula is C15H17ClN4O. The smallest absolute Gasteiger partial charge is 0.254 e. The Morgan fingerprint density at radius 2 is 2.33 bits per heavy atom. The van der Waals surface area contributed by atoms with E-state index in [0.29, 0.717) is 11.6 Å². The molecule has 1 unspecified atom stereocenters. The molecule has 5 nitrogen and oxygen atoms in total. The summed E-state index contributed by atoms with van der Waals surface area (Å²) in [6.07, 6.45) is 8.59. The molecule has 2 aromatic rings. The second-order valence-corrected chi connectivity index (χ2v) is 5.66. The second-order valence-electron chi connectivity index (χ2n) is 5.22. The first kappa shape index (κ1) is 14.1. The molecule has 0 aliphatic carbocycles. The molecular weight excluding hydrogens is 288 g/mol. The number of carbonyl (C=O) groups excluding carboxylic acids is 1. The van der Waals surface area contributed by atoms with E-state index >= 15 is 0 Å². The van der Waals surface area contributed by atoms with Crippen molar-refractivity contribution < 1.29 is 4.79 Å². The van der Waals surface area contributed by atoms with Crippen LogP contribution in [0.5, 0.6) is 0 Å². The second kappa shape index (κ2) is 5.85. The first-order valence-corrected chi connectivity index (χ1v) is 7.48. The third-order valence-corrected chi connectivity index (χ3v) is 4.10. The summed E-state index contributed by atoms with van der Waals surface area (Å²) in [4.78, 5) is 18.6. The lowest BCUT2D eigenvalue weighted by Gasteiger charge is -2.18. The number of hydrogen-bond donors (Lipinski definition) is 0. The highest BCUT2D eigenvalue weighted by Gasteiger charge is 2.29. The summed E-state index contributed by atoms with van der Waals surface area (Å²) in [5, 5.41) is 4.86. The fraction of sp³-hybridized carbons (Fsp3) is 0.400. The molecule has 6 heteroatoms. The van der Waals surface area contributed by atoms with E-state index in [2.05, 4.69) is 10.1 Å². The van der Waals surface area contributed by atoms with E-state index in [1.54, 1.807) is 24.7 Å². The molecule has 1 aliphatic rings. The van der Waals surface area contributed by atoms with Crippen molar-refractivity contribution in [1.29, 1.82) is 0 Å². The molecule has 0 saturated carbocycles. The number of halogens is 1. The van der Waals surface area contributed by atoms with Crippen LogP contribution in [-0.2, 0) is 6.42 Å². The minimum absolute atomic E-state index is 0.0787. The molecule has 1 fully saturated rings. The van der Waals surface area contributed by atoms with Crippen LogP contribution >= 0.6 is 11.6 Å². The average Bonchev–Trinajstić information content (AvgIpc) is 3.15. The molecule has 0 N–H and O–H groups in total. The minimum atomic E-state index is 0.0787. The monoisotopic (exact) mass is 304 g/mol. The van der Waals surface area contributed by atoms with Crippen LogP contribution < -0.4 is 0 Å². The van der Waals surface area contributed by atoms with Gasteiger partial charge in [-0.3, -0.25) is 14.5 Å². The third-order valence-electron chi connectivity index (χ3n) is 3.91. The molecule has 3 heterocycles. The SMILES string of the molecule is CCc1cnccc1C(=O)N1CCC(n2cc(Cl)cn2)C1. The normalized spacial score (nSPS) is 18.2. The average molecular weight is 305 g/mol. The lowest BCUT2D eigenvalue weighted by atomic mass is 10.1. The van der Waals surface area contributed by atoms with Crippen molar-refractivity contribution in [2.75, 3.05) is 13.1 Å². The molecule has 110 valence electrons. The van der Waals surface area contributed by atoms with E-state index in [0.717, 1.165) is 30.5 Å². The summed E-state index contributed by atoms with van der Waals surface area (Å²) in [5.41, 5.74) is 1.75. The van der Waals surface area contributed by atoms with Gasteiger partial charge in [0, 0.05) is 37.2 Å². The molecule has 3 rings (SSSR count). The van der Waals surface area contributed by atoms with Gasteiger partial charge >= 0.3 is 0 Å². The molecule has 2 aromatic heterocycles. The Morgan fingerprint density at radius 3 is 3.05 bits per heavy atom. The van der Waals surface area contributed by atoms with Crippen molar-refractivity contribution in [3.05, 3.63) is 47.0 Å². The summed E-state index contributed by atoms with van der Waals surface area (Å²) in [7, 11) is 0. The molecule has 0 spiro atoms. The molecule has 0 bridgehead atoms. The summed E-state index contributed by atoms with van der Waals surface area (Å²) < 4.78 is 1.85. The molecule has 1 saturated heterocycles. The number of aromatic nitrogens is 3. The van der Waals surface area contributed by atoms with E-state index in [9.17, 15) is 4.79 Å². The zero-order valence-electron chi connectivity index (χ0n) is 11.9. The maximum Gasteiger partial charge on any atom is 0.254 e. The Morgan fingerprint density at radius 1 is 1.48 bits per heavy atom. The molecule has 21 heavy (non-hydrogen) atoms.